The zero-order chi connectivity index (χ0) is 16.8. The fourth-order valence-corrected chi connectivity index (χ4v) is 2.66. The van der Waals surface area contributed by atoms with Gasteiger partial charge in [0.1, 0.15) is 0 Å². The molecule has 0 unspecified atom stereocenters. The van der Waals surface area contributed by atoms with Crippen LogP contribution in [0.4, 0.5) is 0 Å². The number of aryl methyl sites for hydroxylation is 1. The SMILES string of the molecule is Cc1cc2[nH]ncc2cc1C=C(CO)B1OC(C)(C)C(C)(C)O1. The number of rotatable bonds is 3. The van der Waals surface area contributed by atoms with E-state index in [1.54, 1.807) is 6.20 Å². The number of H-pyrrole nitrogens is 1. The second-order valence-electron chi connectivity index (χ2n) is 7.13. The number of hydrogen-bond donors (Lipinski definition) is 2. The zero-order valence-electron chi connectivity index (χ0n) is 14.3. The Bertz CT molecular complexity index is 748. The summed E-state index contributed by atoms with van der Waals surface area (Å²) in [6.07, 6.45) is 3.74. The van der Waals surface area contributed by atoms with E-state index >= 15 is 0 Å². The maximum absolute atomic E-state index is 9.81. The summed E-state index contributed by atoms with van der Waals surface area (Å²) in [6.45, 7) is 9.94. The number of benzene rings is 1. The van der Waals surface area contributed by atoms with Crippen LogP contribution in [-0.2, 0) is 9.31 Å². The molecule has 0 saturated carbocycles. The van der Waals surface area contributed by atoms with Crippen LogP contribution in [0.25, 0.3) is 17.0 Å². The van der Waals surface area contributed by atoms with Crippen molar-refractivity contribution >= 4 is 24.1 Å². The molecular formula is C17H23BN2O3. The highest BCUT2D eigenvalue weighted by atomic mass is 16.7. The fraction of sp³-hybridized carbons (Fsp3) is 0.471. The van der Waals surface area contributed by atoms with Crippen LogP contribution in [0.1, 0.15) is 38.8 Å². The van der Waals surface area contributed by atoms with Crippen molar-refractivity contribution in [3.8, 4) is 0 Å². The highest BCUT2D eigenvalue weighted by Gasteiger charge is 2.52. The van der Waals surface area contributed by atoms with E-state index in [-0.39, 0.29) is 6.61 Å². The summed E-state index contributed by atoms with van der Waals surface area (Å²) < 4.78 is 12.1. The Kier molecular flexibility index (Phi) is 3.87. The first-order valence-corrected chi connectivity index (χ1v) is 7.84. The molecule has 1 aromatic heterocycles. The summed E-state index contributed by atoms with van der Waals surface area (Å²) in [5, 5.41) is 17.9. The zero-order valence-corrected chi connectivity index (χ0v) is 14.3. The average molecular weight is 314 g/mol. The van der Waals surface area contributed by atoms with Gasteiger partial charge in [0.2, 0.25) is 0 Å². The lowest BCUT2D eigenvalue weighted by Gasteiger charge is -2.32. The molecule has 0 radical (unpaired) electrons. The van der Waals surface area contributed by atoms with E-state index in [1.807, 2.05) is 46.8 Å². The number of hydrogen-bond acceptors (Lipinski definition) is 4. The minimum absolute atomic E-state index is 0.111. The summed E-state index contributed by atoms with van der Waals surface area (Å²) in [7, 11) is -0.538. The van der Waals surface area contributed by atoms with Crippen molar-refractivity contribution in [3.05, 3.63) is 34.9 Å². The lowest BCUT2D eigenvalue weighted by atomic mass is 9.77. The molecule has 1 aromatic carbocycles. The van der Waals surface area contributed by atoms with Crippen molar-refractivity contribution in [1.29, 1.82) is 0 Å². The predicted molar refractivity (Wildman–Crippen MR) is 92.0 cm³/mol. The van der Waals surface area contributed by atoms with Crippen molar-refractivity contribution in [2.45, 2.75) is 45.8 Å². The maximum Gasteiger partial charge on any atom is 0.492 e. The van der Waals surface area contributed by atoms with Gasteiger partial charge in [-0.25, -0.2) is 0 Å². The molecule has 0 spiro atoms. The van der Waals surface area contributed by atoms with Crippen molar-refractivity contribution in [1.82, 2.24) is 10.2 Å². The van der Waals surface area contributed by atoms with E-state index in [0.29, 0.717) is 0 Å². The fourth-order valence-electron chi connectivity index (χ4n) is 2.66. The normalized spacial score (nSPS) is 20.4. The van der Waals surface area contributed by atoms with Gasteiger partial charge >= 0.3 is 7.12 Å². The van der Waals surface area contributed by atoms with Crippen molar-refractivity contribution in [2.24, 2.45) is 0 Å². The summed E-state index contributed by atoms with van der Waals surface area (Å²) in [4.78, 5) is 0. The number of aromatic nitrogens is 2. The first-order valence-electron chi connectivity index (χ1n) is 7.84. The predicted octanol–water partition coefficient (Wildman–Crippen LogP) is 2.88. The molecule has 0 amide bonds. The van der Waals surface area contributed by atoms with Gasteiger partial charge in [0, 0.05) is 5.39 Å². The van der Waals surface area contributed by atoms with Crippen LogP contribution in [0.2, 0.25) is 0 Å². The van der Waals surface area contributed by atoms with E-state index in [2.05, 4.69) is 16.3 Å². The standard InChI is InChI=1S/C17H23BN2O3/c1-11-6-15-13(9-19-20-15)7-12(11)8-14(10-21)18-22-16(2,3)17(4,5)23-18/h6-9,21H,10H2,1-5H3,(H,19,20). The minimum atomic E-state index is -0.538. The Morgan fingerprint density at radius 2 is 1.91 bits per heavy atom. The summed E-state index contributed by atoms with van der Waals surface area (Å²) in [6, 6.07) is 4.10. The molecule has 1 aliphatic heterocycles. The number of nitrogens with one attached hydrogen (secondary N) is 1. The molecule has 2 aromatic rings. The first-order chi connectivity index (χ1) is 10.7. The Hall–Kier alpha value is -1.63. The Morgan fingerprint density at radius 1 is 1.26 bits per heavy atom. The van der Waals surface area contributed by atoms with E-state index < -0.39 is 18.3 Å². The van der Waals surface area contributed by atoms with Gasteiger partial charge in [-0.05, 0) is 63.4 Å². The highest BCUT2D eigenvalue weighted by molar-refractivity contribution is 6.55. The largest absolute Gasteiger partial charge is 0.492 e. The smallest absolute Gasteiger partial charge is 0.400 e. The Labute approximate surface area is 136 Å². The molecule has 1 saturated heterocycles. The van der Waals surface area contributed by atoms with E-state index in [1.165, 1.54) is 0 Å². The lowest BCUT2D eigenvalue weighted by molar-refractivity contribution is 0.00578. The van der Waals surface area contributed by atoms with Gasteiger partial charge in [-0.15, -0.1) is 0 Å². The molecule has 1 aliphatic rings. The summed E-state index contributed by atoms with van der Waals surface area (Å²) in [5.74, 6) is 0. The maximum atomic E-state index is 9.81. The second kappa shape index (κ2) is 5.48. The van der Waals surface area contributed by atoms with Gasteiger partial charge in [0.25, 0.3) is 0 Å². The van der Waals surface area contributed by atoms with Gasteiger partial charge < -0.3 is 14.4 Å². The molecule has 2 N–H and O–H groups in total. The average Bonchev–Trinajstić information content (AvgIpc) is 2.97. The van der Waals surface area contributed by atoms with Crippen molar-refractivity contribution in [3.63, 3.8) is 0 Å². The van der Waals surface area contributed by atoms with Gasteiger partial charge in [-0.3, -0.25) is 5.10 Å². The van der Waals surface area contributed by atoms with Gasteiger partial charge in [0.05, 0.1) is 29.5 Å². The van der Waals surface area contributed by atoms with Gasteiger partial charge in [-0.2, -0.15) is 5.10 Å². The third-order valence-corrected chi connectivity index (χ3v) is 4.91. The third kappa shape index (κ3) is 2.82. The molecule has 0 bridgehead atoms. The number of nitrogens with zero attached hydrogens (tertiary/aromatic N) is 1. The molecule has 23 heavy (non-hydrogen) atoms. The van der Waals surface area contributed by atoms with Crippen LogP contribution in [0.5, 0.6) is 0 Å². The van der Waals surface area contributed by atoms with E-state index in [0.717, 1.165) is 27.5 Å². The molecule has 3 rings (SSSR count). The second-order valence-corrected chi connectivity index (χ2v) is 7.13. The van der Waals surface area contributed by atoms with Crippen LogP contribution >= 0.6 is 0 Å². The highest BCUT2D eigenvalue weighted by Crippen LogP contribution is 2.38. The minimum Gasteiger partial charge on any atom is -0.400 e. The van der Waals surface area contributed by atoms with Crippen LogP contribution in [0.15, 0.2) is 23.8 Å². The summed E-state index contributed by atoms with van der Waals surface area (Å²) >= 11 is 0. The Balaban J connectivity index is 1.97. The molecule has 6 heteroatoms. The molecule has 122 valence electrons. The topological polar surface area (TPSA) is 67.4 Å². The van der Waals surface area contributed by atoms with Crippen molar-refractivity contribution < 1.29 is 14.4 Å². The van der Waals surface area contributed by atoms with E-state index in [4.69, 9.17) is 9.31 Å². The van der Waals surface area contributed by atoms with Gasteiger partial charge in [0.15, 0.2) is 0 Å². The number of fused-ring (bicyclic) bond motifs is 1. The number of aliphatic hydroxyl groups excluding tert-OH is 1. The van der Waals surface area contributed by atoms with Crippen LogP contribution in [0.3, 0.4) is 0 Å². The quantitative estimate of drug-likeness (QED) is 0.855. The third-order valence-electron chi connectivity index (χ3n) is 4.91. The molecule has 0 aliphatic carbocycles. The number of aliphatic hydroxyl groups is 1. The molecular weight excluding hydrogens is 291 g/mol. The molecule has 2 heterocycles. The molecule has 0 atom stereocenters. The monoisotopic (exact) mass is 314 g/mol. The van der Waals surface area contributed by atoms with Crippen LogP contribution in [0, 0.1) is 6.92 Å². The number of aromatic amines is 1. The Morgan fingerprint density at radius 3 is 2.52 bits per heavy atom. The van der Waals surface area contributed by atoms with Crippen LogP contribution < -0.4 is 0 Å². The van der Waals surface area contributed by atoms with Gasteiger partial charge in [-0.1, -0.05) is 6.08 Å². The van der Waals surface area contributed by atoms with Crippen molar-refractivity contribution in [2.75, 3.05) is 6.61 Å². The molecule has 5 nitrogen and oxygen atoms in total. The molecule has 1 fully saturated rings. The van der Waals surface area contributed by atoms with E-state index in [9.17, 15) is 5.11 Å². The summed E-state index contributed by atoms with van der Waals surface area (Å²) in [5.41, 5.74) is 3.00. The van der Waals surface area contributed by atoms with Crippen LogP contribution in [-0.4, -0.2) is 40.2 Å². The first kappa shape index (κ1) is 16.2. The lowest BCUT2D eigenvalue weighted by Crippen LogP contribution is -2.41.